The van der Waals surface area contributed by atoms with Gasteiger partial charge >= 0.3 is 0 Å². The molecule has 21 heavy (non-hydrogen) atoms. The molecule has 1 atom stereocenters. The SMILES string of the molecule is O=C1NC(=O)C(C/C=C/C=C/c2cc3ccccc3s2)S1. The van der Waals surface area contributed by atoms with Crippen molar-refractivity contribution in [2.75, 3.05) is 0 Å². The van der Waals surface area contributed by atoms with Crippen molar-refractivity contribution < 1.29 is 9.59 Å². The fraction of sp³-hybridized carbons (Fsp3) is 0.125. The fourth-order valence-corrected chi connectivity index (χ4v) is 3.83. The van der Waals surface area contributed by atoms with Gasteiger partial charge in [-0.2, -0.15) is 0 Å². The number of carbonyl (C=O) groups is 2. The molecule has 2 aromatic rings. The van der Waals surface area contributed by atoms with E-state index < -0.39 is 0 Å². The Morgan fingerprint density at radius 2 is 2.05 bits per heavy atom. The van der Waals surface area contributed by atoms with Crippen molar-refractivity contribution in [1.29, 1.82) is 0 Å². The first-order valence-corrected chi connectivity index (χ1v) is 8.25. The number of fused-ring (bicyclic) bond motifs is 1. The van der Waals surface area contributed by atoms with E-state index in [1.807, 2.05) is 36.4 Å². The number of nitrogens with one attached hydrogen (secondary N) is 1. The molecule has 0 aliphatic carbocycles. The summed E-state index contributed by atoms with van der Waals surface area (Å²) in [5, 5.41) is 3.00. The van der Waals surface area contributed by atoms with Crippen molar-refractivity contribution in [3.63, 3.8) is 0 Å². The number of rotatable bonds is 4. The van der Waals surface area contributed by atoms with Crippen molar-refractivity contribution in [3.05, 3.63) is 53.4 Å². The predicted molar refractivity (Wildman–Crippen MR) is 89.5 cm³/mol. The van der Waals surface area contributed by atoms with Gasteiger partial charge in [-0.1, -0.05) is 48.2 Å². The van der Waals surface area contributed by atoms with E-state index in [-0.39, 0.29) is 16.4 Å². The first-order chi connectivity index (χ1) is 10.2. The van der Waals surface area contributed by atoms with Crippen LogP contribution in [0.1, 0.15) is 11.3 Å². The Balaban J connectivity index is 1.58. The normalized spacial score (nSPS) is 19.1. The van der Waals surface area contributed by atoms with Gasteiger partial charge < -0.3 is 0 Å². The molecule has 1 saturated heterocycles. The number of thioether (sulfide) groups is 1. The molecule has 0 spiro atoms. The van der Waals surface area contributed by atoms with Gasteiger partial charge in [0.15, 0.2) is 0 Å². The molecule has 106 valence electrons. The van der Waals surface area contributed by atoms with Crippen LogP contribution >= 0.6 is 23.1 Å². The molecule has 2 amide bonds. The van der Waals surface area contributed by atoms with E-state index in [1.54, 1.807) is 11.3 Å². The van der Waals surface area contributed by atoms with Gasteiger partial charge in [-0.15, -0.1) is 11.3 Å². The minimum atomic E-state index is -0.286. The molecule has 5 heteroatoms. The van der Waals surface area contributed by atoms with Crippen LogP contribution in [0.4, 0.5) is 4.79 Å². The molecule has 1 aliphatic rings. The summed E-state index contributed by atoms with van der Waals surface area (Å²) < 4.78 is 1.28. The largest absolute Gasteiger partial charge is 0.286 e. The van der Waals surface area contributed by atoms with Crippen LogP contribution in [0.25, 0.3) is 16.2 Å². The molecule has 0 radical (unpaired) electrons. The number of amides is 2. The van der Waals surface area contributed by atoms with Gasteiger partial charge in [0.05, 0.1) is 5.25 Å². The molecule has 1 fully saturated rings. The molecule has 1 N–H and O–H groups in total. The van der Waals surface area contributed by atoms with Crippen LogP contribution in [0.15, 0.2) is 48.6 Å². The summed E-state index contributed by atoms with van der Waals surface area (Å²) in [6.45, 7) is 0. The highest BCUT2D eigenvalue weighted by molar-refractivity contribution is 8.15. The molecule has 1 aliphatic heterocycles. The van der Waals surface area contributed by atoms with Gasteiger partial charge in [0.1, 0.15) is 0 Å². The third-order valence-electron chi connectivity index (χ3n) is 3.07. The lowest BCUT2D eigenvalue weighted by Crippen LogP contribution is -2.23. The summed E-state index contributed by atoms with van der Waals surface area (Å²) in [4.78, 5) is 23.6. The molecule has 3 rings (SSSR count). The Bertz CT molecular complexity index is 713. The van der Waals surface area contributed by atoms with Crippen molar-refractivity contribution in [2.45, 2.75) is 11.7 Å². The smallest absolute Gasteiger partial charge is 0.286 e. The number of allylic oxidation sites excluding steroid dienone is 3. The summed E-state index contributed by atoms with van der Waals surface area (Å²) in [6, 6.07) is 10.4. The van der Waals surface area contributed by atoms with E-state index in [9.17, 15) is 9.59 Å². The van der Waals surface area contributed by atoms with Gasteiger partial charge in [0, 0.05) is 9.58 Å². The zero-order valence-corrected chi connectivity index (χ0v) is 12.7. The zero-order valence-electron chi connectivity index (χ0n) is 11.1. The van der Waals surface area contributed by atoms with Crippen LogP contribution < -0.4 is 5.32 Å². The number of benzene rings is 1. The van der Waals surface area contributed by atoms with Gasteiger partial charge in [-0.05, 0) is 30.0 Å². The summed E-state index contributed by atoms with van der Waals surface area (Å²) in [7, 11) is 0. The van der Waals surface area contributed by atoms with E-state index in [2.05, 4.69) is 23.5 Å². The van der Waals surface area contributed by atoms with Crippen molar-refractivity contribution in [2.24, 2.45) is 0 Å². The highest BCUT2D eigenvalue weighted by Gasteiger charge is 2.30. The average Bonchev–Trinajstić information content (AvgIpc) is 3.01. The van der Waals surface area contributed by atoms with Crippen LogP contribution in [0, 0.1) is 0 Å². The lowest BCUT2D eigenvalue weighted by atomic mass is 10.2. The van der Waals surface area contributed by atoms with E-state index >= 15 is 0 Å². The van der Waals surface area contributed by atoms with Gasteiger partial charge in [-0.3, -0.25) is 14.9 Å². The number of hydrogen-bond acceptors (Lipinski definition) is 4. The number of carbonyl (C=O) groups excluding carboxylic acids is 2. The summed E-state index contributed by atoms with van der Waals surface area (Å²) >= 11 is 2.81. The molecule has 0 saturated carbocycles. The maximum absolute atomic E-state index is 11.4. The van der Waals surface area contributed by atoms with Crippen molar-refractivity contribution in [1.82, 2.24) is 5.32 Å². The lowest BCUT2D eigenvalue weighted by Gasteiger charge is -1.97. The molecule has 3 nitrogen and oxygen atoms in total. The fourth-order valence-electron chi connectivity index (χ4n) is 2.06. The number of thiophene rings is 1. The maximum Gasteiger partial charge on any atom is 0.286 e. The Kier molecular flexibility index (Phi) is 4.22. The standard InChI is InChI=1S/C16H13NO2S2/c18-15-14(21-16(19)17-15)9-3-1-2-7-12-10-11-6-4-5-8-13(11)20-12/h1-8,10,14H,9H2,(H,17,18,19)/b3-1+,7-2+. The van der Waals surface area contributed by atoms with E-state index in [0.717, 1.165) is 11.8 Å². The third kappa shape index (κ3) is 3.43. The minimum absolute atomic E-state index is 0.192. The number of hydrogen-bond donors (Lipinski definition) is 1. The maximum atomic E-state index is 11.4. The van der Waals surface area contributed by atoms with Crippen LogP contribution in [-0.2, 0) is 4.79 Å². The van der Waals surface area contributed by atoms with Crippen molar-refractivity contribution in [3.8, 4) is 0 Å². The highest BCUT2D eigenvalue weighted by Crippen LogP contribution is 2.26. The predicted octanol–water partition coefficient (Wildman–Crippen LogP) is 4.21. The molecular weight excluding hydrogens is 302 g/mol. The Labute approximate surface area is 130 Å². The van der Waals surface area contributed by atoms with Crippen LogP contribution in [-0.4, -0.2) is 16.4 Å². The summed E-state index contributed by atoms with van der Waals surface area (Å²) in [5.41, 5.74) is 0. The molecule has 1 unspecified atom stereocenters. The van der Waals surface area contributed by atoms with Crippen LogP contribution in [0.5, 0.6) is 0 Å². The van der Waals surface area contributed by atoms with Crippen molar-refractivity contribution >= 4 is 50.4 Å². The van der Waals surface area contributed by atoms with E-state index in [0.29, 0.717) is 6.42 Å². The summed E-state index contributed by atoms with van der Waals surface area (Å²) in [6.07, 6.45) is 8.41. The van der Waals surface area contributed by atoms with Crippen LogP contribution in [0.3, 0.4) is 0 Å². The third-order valence-corrected chi connectivity index (χ3v) is 5.16. The molecule has 1 aromatic carbocycles. The Morgan fingerprint density at radius 1 is 1.19 bits per heavy atom. The number of imide groups is 1. The molecule has 0 bridgehead atoms. The highest BCUT2D eigenvalue weighted by atomic mass is 32.2. The van der Waals surface area contributed by atoms with E-state index in [4.69, 9.17) is 0 Å². The Hall–Kier alpha value is -1.85. The van der Waals surface area contributed by atoms with Gasteiger partial charge in [-0.25, -0.2) is 0 Å². The first-order valence-electron chi connectivity index (χ1n) is 6.55. The molecular formula is C16H13NO2S2. The Morgan fingerprint density at radius 3 is 2.81 bits per heavy atom. The summed E-state index contributed by atoms with van der Waals surface area (Å²) in [5.74, 6) is -0.192. The first kappa shape index (κ1) is 14.1. The molecule has 2 heterocycles. The second kappa shape index (κ2) is 6.28. The van der Waals surface area contributed by atoms with E-state index in [1.165, 1.54) is 15.0 Å². The molecule has 1 aromatic heterocycles. The topological polar surface area (TPSA) is 46.2 Å². The zero-order chi connectivity index (χ0) is 14.7. The monoisotopic (exact) mass is 315 g/mol. The van der Waals surface area contributed by atoms with Crippen LogP contribution in [0.2, 0.25) is 0 Å². The van der Waals surface area contributed by atoms with Gasteiger partial charge in [0.25, 0.3) is 5.24 Å². The lowest BCUT2D eigenvalue weighted by molar-refractivity contribution is -0.118. The second-order valence-electron chi connectivity index (χ2n) is 4.59. The second-order valence-corrected chi connectivity index (χ2v) is 6.88. The quantitative estimate of drug-likeness (QED) is 0.860. The average molecular weight is 315 g/mol. The minimum Gasteiger partial charge on any atom is -0.286 e. The van der Waals surface area contributed by atoms with Gasteiger partial charge in [0.2, 0.25) is 5.91 Å².